The summed E-state index contributed by atoms with van der Waals surface area (Å²) in [5.74, 6) is 0.398. The van der Waals surface area contributed by atoms with Crippen LogP contribution in [0.5, 0.6) is 5.75 Å². The molecule has 1 saturated heterocycles. The Morgan fingerprint density at radius 1 is 1.14 bits per heavy atom. The molecule has 21 heavy (non-hydrogen) atoms. The van der Waals surface area contributed by atoms with Gasteiger partial charge in [0.1, 0.15) is 11.9 Å². The van der Waals surface area contributed by atoms with Gasteiger partial charge in [-0.05, 0) is 41.4 Å². The number of ether oxygens (including phenoxy) is 2. The van der Waals surface area contributed by atoms with Gasteiger partial charge in [-0.25, -0.2) is 0 Å². The lowest BCUT2D eigenvalue weighted by atomic mass is 9.90. The van der Waals surface area contributed by atoms with E-state index in [1.165, 1.54) is 0 Å². The van der Waals surface area contributed by atoms with Gasteiger partial charge in [0.05, 0.1) is 12.7 Å². The molecule has 4 atom stereocenters. The smallest absolute Gasteiger partial charge is 0.228 e. The quantitative estimate of drug-likeness (QED) is 0.913. The Morgan fingerprint density at radius 3 is 2.57 bits per heavy atom. The highest BCUT2D eigenvalue weighted by Gasteiger charge is 2.40. The van der Waals surface area contributed by atoms with Crippen LogP contribution in [-0.2, 0) is 4.74 Å². The molecule has 1 aromatic carbocycles. The highest BCUT2D eigenvalue weighted by molar-refractivity contribution is 7.07. The summed E-state index contributed by atoms with van der Waals surface area (Å²) in [5, 5.41) is 24.4. The molecule has 0 bridgehead atoms. The first-order chi connectivity index (χ1) is 10.1. The van der Waals surface area contributed by atoms with Crippen LogP contribution in [0.2, 0.25) is 0 Å². The molecule has 3 rings (SSSR count). The summed E-state index contributed by atoms with van der Waals surface area (Å²) >= 11 is 1.56. The van der Waals surface area contributed by atoms with E-state index in [1.807, 2.05) is 48.0 Å². The van der Waals surface area contributed by atoms with Crippen molar-refractivity contribution < 1.29 is 19.7 Å². The van der Waals surface area contributed by atoms with Crippen LogP contribution in [0.1, 0.15) is 17.0 Å². The molecule has 0 aliphatic carbocycles. The highest BCUT2D eigenvalue weighted by atomic mass is 32.1. The predicted octanol–water partition coefficient (Wildman–Crippen LogP) is 2.30. The second kappa shape index (κ2) is 6.15. The number of hydrogen-bond donors (Lipinski definition) is 2. The van der Waals surface area contributed by atoms with Gasteiger partial charge in [0.15, 0.2) is 0 Å². The van der Waals surface area contributed by atoms with E-state index in [9.17, 15) is 10.2 Å². The number of aliphatic hydroxyl groups excluding tert-OH is 2. The maximum atomic E-state index is 10.3. The predicted molar refractivity (Wildman–Crippen MR) is 80.6 cm³/mol. The van der Waals surface area contributed by atoms with Crippen LogP contribution in [0.3, 0.4) is 0 Å². The topological polar surface area (TPSA) is 58.9 Å². The standard InChI is InChI=1S/C16H18O4S/c1-10-2-4-12(5-3-10)20-16-15(18)14(17)13(8-19-16)11-6-7-21-9-11/h2-7,9,13-18H,8H2,1H3. The average Bonchev–Trinajstić information content (AvgIpc) is 3.00. The molecule has 2 N–H and O–H groups in total. The molecule has 4 unspecified atom stereocenters. The molecular formula is C16H18O4S. The summed E-state index contributed by atoms with van der Waals surface area (Å²) in [7, 11) is 0. The third-order valence-corrected chi connectivity index (χ3v) is 4.43. The normalized spacial score (nSPS) is 29.3. The molecule has 1 aromatic heterocycles. The van der Waals surface area contributed by atoms with Crippen LogP contribution in [0.15, 0.2) is 41.1 Å². The molecule has 1 aliphatic rings. The fourth-order valence-electron chi connectivity index (χ4n) is 2.43. The Bertz CT molecular complexity index is 566. The van der Waals surface area contributed by atoms with Crippen LogP contribution >= 0.6 is 11.3 Å². The van der Waals surface area contributed by atoms with Crippen molar-refractivity contribution in [2.24, 2.45) is 0 Å². The Labute approximate surface area is 127 Å². The number of hydrogen-bond acceptors (Lipinski definition) is 5. The summed E-state index contributed by atoms with van der Waals surface area (Å²) in [6.45, 7) is 2.32. The van der Waals surface area contributed by atoms with E-state index in [4.69, 9.17) is 9.47 Å². The number of benzene rings is 1. The molecule has 4 nitrogen and oxygen atoms in total. The third kappa shape index (κ3) is 3.11. The van der Waals surface area contributed by atoms with Crippen LogP contribution < -0.4 is 4.74 Å². The van der Waals surface area contributed by atoms with Crippen molar-refractivity contribution in [2.45, 2.75) is 31.3 Å². The molecule has 0 radical (unpaired) electrons. The molecule has 0 spiro atoms. The summed E-state index contributed by atoms with van der Waals surface area (Å²) in [4.78, 5) is 0. The summed E-state index contributed by atoms with van der Waals surface area (Å²) in [5.41, 5.74) is 2.12. The van der Waals surface area contributed by atoms with Crippen LogP contribution in [-0.4, -0.2) is 35.3 Å². The fraction of sp³-hybridized carbons (Fsp3) is 0.375. The van der Waals surface area contributed by atoms with Crippen molar-refractivity contribution in [1.29, 1.82) is 0 Å². The zero-order valence-corrected chi connectivity index (χ0v) is 12.5. The average molecular weight is 306 g/mol. The Morgan fingerprint density at radius 2 is 1.90 bits per heavy atom. The van der Waals surface area contributed by atoms with Gasteiger partial charge < -0.3 is 19.7 Å². The summed E-state index contributed by atoms with van der Waals surface area (Å²) in [6, 6.07) is 9.44. The van der Waals surface area contributed by atoms with E-state index in [1.54, 1.807) is 11.3 Å². The van der Waals surface area contributed by atoms with Gasteiger partial charge in [-0.1, -0.05) is 17.7 Å². The second-order valence-corrected chi connectivity index (χ2v) is 6.06. The molecule has 0 saturated carbocycles. The number of thiophene rings is 1. The molecule has 0 amide bonds. The van der Waals surface area contributed by atoms with Gasteiger partial charge in [-0.3, -0.25) is 0 Å². The molecule has 5 heteroatoms. The van der Waals surface area contributed by atoms with Gasteiger partial charge in [0, 0.05) is 5.92 Å². The summed E-state index contributed by atoms with van der Waals surface area (Å²) in [6.07, 6.45) is -2.83. The maximum absolute atomic E-state index is 10.3. The fourth-order valence-corrected chi connectivity index (χ4v) is 3.15. The largest absolute Gasteiger partial charge is 0.462 e. The third-order valence-electron chi connectivity index (χ3n) is 3.73. The van der Waals surface area contributed by atoms with Gasteiger partial charge in [-0.15, -0.1) is 0 Å². The lowest BCUT2D eigenvalue weighted by molar-refractivity contribution is -0.215. The SMILES string of the molecule is Cc1ccc(OC2OCC(c3ccsc3)C(O)C2O)cc1. The van der Waals surface area contributed by atoms with Gasteiger partial charge >= 0.3 is 0 Å². The first-order valence-electron chi connectivity index (χ1n) is 6.88. The Kier molecular flexibility index (Phi) is 4.26. The molecule has 1 aliphatic heterocycles. The van der Waals surface area contributed by atoms with Gasteiger partial charge in [0.25, 0.3) is 0 Å². The molecule has 2 aromatic rings. The van der Waals surface area contributed by atoms with E-state index in [0.29, 0.717) is 12.4 Å². The van der Waals surface area contributed by atoms with Crippen LogP contribution in [0.25, 0.3) is 0 Å². The number of rotatable bonds is 3. The highest BCUT2D eigenvalue weighted by Crippen LogP contribution is 2.31. The molecule has 112 valence electrons. The molecule has 1 fully saturated rings. The van der Waals surface area contributed by atoms with Crippen molar-refractivity contribution in [3.8, 4) is 5.75 Å². The zero-order chi connectivity index (χ0) is 14.8. The lowest BCUT2D eigenvalue weighted by Gasteiger charge is -2.37. The van der Waals surface area contributed by atoms with E-state index in [0.717, 1.165) is 11.1 Å². The van der Waals surface area contributed by atoms with Crippen molar-refractivity contribution in [3.05, 3.63) is 52.2 Å². The van der Waals surface area contributed by atoms with Crippen LogP contribution in [0.4, 0.5) is 0 Å². The number of aliphatic hydroxyl groups is 2. The minimum atomic E-state index is -1.08. The molecule has 2 heterocycles. The van der Waals surface area contributed by atoms with Crippen molar-refractivity contribution in [2.75, 3.05) is 6.61 Å². The van der Waals surface area contributed by atoms with Crippen molar-refractivity contribution >= 4 is 11.3 Å². The van der Waals surface area contributed by atoms with Crippen molar-refractivity contribution in [1.82, 2.24) is 0 Å². The summed E-state index contributed by atoms with van der Waals surface area (Å²) < 4.78 is 11.2. The van der Waals surface area contributed by atoms with E-state index in [-0.39, 0.29) is 5.92 Å². The maximum Gasteiger partial charge on any atom is 0.228 e. The van der Waals surface area contributed by atoms with E-state index in [2.05, 4.69) is 0 Å². The minimum absolute atomic E-state index is 0.218. The Balaban J connectivity index is 1.68. The number of aryl methyl sites for hydroxylation is 1. The van der Waals surface area contributed by atoms with Gasteiger partial charge in [-0.2, -0.15) is 11.3 Å². The van der Waals surface area contributed by atoms with Crippen LogP contribution in [0, 0.1) is 6.92 Å². The monoisotopic (exact) mass is 306 g/mol. The van der Waals surface area contributed by atoms with E-state index < -0.39 is 18.5 Å². The van der Waals surface area contributed by atoms with Gasteiger partial charge in [0.2, 0.25) is 6.29 Å². The zero-order valence-electron chi connectivity index (χ0n) is 11.7. The van der Waals surface area contributed by atoms with Crippen molar-refractivity contribution in [3.63, 3.8) is 0 Å². The second-order valence-electron chi connectivity index (χ2n) is 5.28. The van der Waals surface area contributed by atoms with E-state index >= 15 is 0 Å². The Hall–Kier alpha value is -1.40. The minimum Gasteiger partial charge on any atom is -0.462 e. The first kappa shape index (κ1) is 14.5. The molecular weight excluding hydrogens is 288 g/mol. The first-order valence-corrected chi connectivity index (χ1v) is 7.82. The lowest BCUT2D eigenvalue weighted by Crippen LogP contribution is -2.51.